The van der Waals surface area contributed by atoms with Crippen LogP contribution < -0.4 is 5.32 Å². The first kappa shape index (κ1) is 20.7. The molecule has 0 aliphatic carbocycles. The zero-order valence-electron chi connectivity index (χ0n) is 15.6. The van der Waals surface area contributed by atoms with Gasteiger partial charge in [-0.3, -0.25) is 4.79 Å². The van der Waals surface area contributed by atoms with Crippen LogP contribution in [0.1, 0.15) is 15.9 Å². The molecule has 0 radical (unpaired) electrons. The fraction of sp³-hybridized carbons (Fsp3) is 0.0455. The highest BCUT2D eigenvalue weighted by molar-refractivity contribution is 9.10. The van der Waals surface area contributed by atoms with Crippen molar-refractivity contribution in [2.45, 2.75) is 16.6 Å². The Hall–Kier alpha value is -2.61. The maximum Gasteiger partial charge on any atom is 0.255 e. The molecule has 3 aromatic carbocycles. The van der Waals surface area contributed by atoms with Crippen molar-refractivity contribution >= 4 is 50.9 Å². The number of nitrogens with one attached hydrogen (secondary N) is 1. The number of hydrogen-bond acceptors (Lipinski definition) is 4. The third-order valence-corrected chi connectivity index (χ3v) is 5.88. The van der Waals surface area contributed by atoms with Crippen LogP contribution in [0.25, 0.3) is 0 Å². The molecule has 4 rings (SSSR count). The van der Waals surface area contributed by atoms with Gasteiger partial charge in [0.05, 0.1) is 12.2 Å². The number of aromatic nitrogens is 3. The lowest BCUT2D eigenvalue weighted by Crippen LogP contribution is -2.12. The first-order valence-corrected chi connectivity index (χ1v) is 11.1. The summed E-state index contributed by atoms with van der Waals surface area (Å²) in [6, 6.07) is 24.5. The summed E-state index contributed by atoms with van der Waals surface area (Å²) < 4.78 is 2.35. The van der Waals surface area contributed by atoms with Crippen LogP contribution in [0.3, 0.4) is 0 Å². The van der Waals surface area contributed by atoms with Crippen molar-refractivity contribution in [1.82, 2.24) is 14.8 Å². The average molecular weight is 500 g/mol. The van der Waals surface area contributed by atoms with E-state index in [9.17, 15) is 4.79 Å². The summed E-state index contributed by atoms with van der Waals surface area (Å²) in [7, 11) is 0. The number of halogens is 2. The second-order valence-corrected chi connectivity index (χ2v) is 8.52. The molecule has 0 unspecified atom stereocenters. The Balaban J connectivity index is 1.56. The normalized spacial score (nSPS) is 10.7. The molecule has 5 nitrogen and oxygen atoms in total. The van der Waals surface area contributed by atoms with Crippen LogP contribution in [0, 0.1) is 0 Å². The van der Waals surface area contributed by atoms with Crippen LogP contribution in [-0.2, 0) is 6.54 Å². The molecule has 1 N–H and O–H groups in total. The molecule has 0 spiro atoms. The SMILES string of the molecule is O=C(Nc1ccccc1Sc1nc(Br)nn1Cc1ccccc1)c1ccc(Cl)cc1. The molecular formula is C22H16BrClN4OS. The van der Waals surface area contributed by atoms with E-state index in [1.165, 1.54) is 11.8 Å². The van der Waals surface area contributed by atoms with Gasteiger partial charge < -0.3 is 5.32 Å². The standard InChI is InChI=1S/C22H16BrClN4OS/c23-21-26-22(28(27-21)14-15-6-2-1-3-7-15)30-19-9-5-4-8-18(19)25-20(29)16-10-12-17(24)13-11-16/h1-13H,14H2,(H,25,29). The number of carbonyl (C=O) groups is 1. The van der Waals surface area contributed by atoms with Gasteiger partial charge in [0.25, 0.3) is 5.91 Å². The van der Waals surface area contributed by atoms with Crippen molar-refractivity contribution in [2.75, 3.05) is 5.32 Å². The van der Waals surface area contributed by atoms with Gasteiger partial charge in [-0.2, -0.15) is 4.98 Å². The van der Waals surface area contributed by atoms with Gasteiger partial charge in [0, 0.05) is 15.5 Å². The Labute approximate surface area is 191 Å². The zero-order chi connectivity index (χ0) is 20.9. The summed E-state index contributed by atoms with van der Waals surface area (Å²) in [5.41, 5.74) is 2.36. The van der Waals surface area contributed by atoms with E-state index in [1.807, 2.05) is 59.3 Å². The maximum absolute atomic E-state index is 12.6. The Morgan fingerprint density at radius 1 is 1.00 bits per heavy atom. The van der Waals surface area contributed by atoms with Crippen LogP contribution in [0.4, 0.5) is 5.69 Å². The van der Waals surface area contributed by atoms with Gasteiger partial charge in [-0.1, -0.05) is 54.1 Å². The highest BCUT2D eigenvalue weighted by Crippen LogP contribution is 2.33. The minimum absolute atomic E-state index is 0.202. The second-order valence-electron chi connectivity index (χ2n) is 6.37. The molecule has 0 atom stereocenters. The lowest BCUT2D eigenvalue weighted by Gasteiger charge is -2.11. The molecule has 0 fully saturated rings. The van der Waals surface area contributed by atoms with E-state index < -0.39 is 0 Å². The number of carbonyl (C=O) groups excluding carboxylic acids is 1. The molecule has 30 heavy (non-hydrogen) atoms. The molecule has 150 valence electrons. The number of hydrogen-bond donors (Lipinski definition) is 1. The summed E-state index contributed by atoms with van der Waals surface area (Å²) in [5, 5.41) is 8.73. The summed E-state index contributed by atoms with van der Waals surface area (Å²) in [6.45, 7) is 0.598. The van der Waals surface area contributed by atoms with E-state index in [4.69, 9.17) is 11.6 Å². The highest BCUT2D eigenvalue weighted by Gasteiger charge is 2.15. The molecule has 0 saturated carbocycles. The van der Waals surface area contributed by atoms with Crippen LogP contribution in [0.2, 0.25) is 5.02 Å². The van der Waals surface area contributed by atoms with Crippen molar-refractivity contribution < 1.29 is 4.79 Å². The van der Waals surface area contributed by atoms with E-state index in [0.717, 1.165) is 15.6 Å². The molecule has 4 aromatic rings. The summed E-state index contributed by atoms with van der Waals surface area (Å²) in [5.74, 6) is -0.202. The smallest absolute Gasteiger partial charge is 0.255 e. The van der Waals surface area contributed by atoms with Gasteiger partial charge in [0.1, 0.15) is 0 Å². The fourth-order valence-corrected chi connectivity index (χ4v) is 4.31. The van der Waals surface area contributed by atoms with E-state index >= 15 is 0 Å². The number of benzene rings is 3. The van der Waals surface area contributed by atoms with Crippen molar-refractivity contribution in [1.29, 1.82) is 0 Å². The first-order chi connectivity index (χ1) is 14.6. The zero-order valence-corrected chi connectivity index (χ0v) is 18.8. The molecule has 1 heterocycles. The predicted molar refractivity (Wildman–Crippen MR) is 123 cm³/mol. The molecular weight excluding hydrogens is 484 g/mol. The van der Waals surface area contributed by atoms with Gasteiger partial charge in [-0.15, -0.1) is 5.10 Å². The Kier molecular flexibility index (Phi) is 6.52. The number of para-hydroxylation sites is 1. The number of amides is 1. The van der Waals surface area contributed by atoms with E-state index in [2.05, 4.69) is 31.3 Å². The molecule has 0 saturated heterocycles. The Morgan fingerprint density at radius 2 is 1.70 bits per heavy atom. The van der Waals surface area contributed by atoms with Crippen LogP contribution in [0.15, 0.2) is 93.6 Å². The Bertz CT molecular complexity index is 1170. The molecule has 1 aromatic heterocycles. The lowest BCUT2D eigenvalue weighted by atomic mass is 10.2. The van der Waals surface area contributed by atoms with Crippen LogP contribution in [-0.4, -0.2) is 20.7 Å². The number of anilines is 1. The van der Waals surface area contributed by atoms with Gasteiger partial charge in [-0.25, -0.2) is 4.68 Å². The molecule has 0 bridgehead atoms. The molecule has 0 aliphatic rings. The van der Waals surface area contributed by atoms with Gasteiger partial charge in [0.2, 0.25) is 4.73 Å². The topological polar surface area (TPSA) is 59.8 Å². The van der Waals surface area contributed by atoms with Crippen molar-refractivity contribution in [3.05, 3.63) is 99.7 Å². The fourth-order valence-electron chi connectivity index (χ4n) is 2.79. The van der Waals surface area contributed by atoms with Crippen LogP contribution in [0.5, 0.6) is 0 Å². The summed E-state index contributed by atoms with van der Waals surface area (Å²) >= 11 is 10.7. The maximum atomic E-state index is 12.6. The van der Waals surface area contributed by atoms with E-state index in [1.54, 1.807) is 24.3 Å². The minimum atomic E-state index is -0.202. The first-order valence-electron chi connectivity index (χ1n) is 9.06. The third-order valence-electron chi connectivity index (χ3n) is 4.23. The predicted octanol–water partition coefficient (Wildman–Crippen LogP) is 6.15. The highest BCUT2D eigenvalue weighted by atomic mass is 79.9. The lowest BCUT2D eigenvalue weighted by molar-refractivity contribution is 0.102. The largest absolute Gasteiger partial charge is 0.321 e. The van der Waals surface area contributed by atoms with Gasteiger partial charge in [0.15, 0.2) is 5.16 Å². The second kappa shape index (κ2) is 9.47. The van der Waals surface area contributed by atoms with E-state index in [0.29, 0.717) is 27.6 Å². The van der Waals surface area contributed by atoms with Crippen LogP contribution >= 0.6 is 39.3 Å². The summed E-state index contributed by atoms with van der Waals surface area (Å²) in [4.78, 5) is 18.0. The minimum Gasteiger partial charge on any atom is -0.321 e. The quantitative estimate of drug-likeness (QED) is 0.346. The van der Waals surface area contributed by atoms with Crippen molar-refractivity contribution in [3.8, 4) is 0 Å². The third kappa shape index (κ3) is 5.11. The number of rotatable bonds is 6. The molecule has 8 heteroatoms. The van der Waals surface area contributed by atoms with E-state index in [-0.39, 0.29) is 5.91 Å². The monoisotopic (exact) mass is 498 g/mol. The Morgan fingerprint density at radius 3 is 2.47 bits per heavy atom. The summed E-state index contributed by atoms with van der Waals surface area (Å²) in [6.07, 6.45) is 0. The van der Waals surface area contributed by atoms with Crippen molar-refractivity contribution in [3.63, 3.8) is 0 Å². The molecule has 1 amide bonds. The number of nitrogens with zero attached hydrogens (tertiary/aromatic N) is 3. The van der Waals surface area contributed by atoms with Crippen molar-refractivity contribution in [2.24, 2.45) is 0 Å². The average Bonchev–Trinajstić information content (AvgIpc) is 3.09. The van der Waals surface area contributed by atoms with Gasteiger partial charge in [-0.05, 0) is 69.7 Å². The molecule has 0 aliphatic heterocycles. The van der Waals surface area contributed by atoms with Gasteiger partial charge >= 0.3 is 0 Å².